The molecule has 0 saturated carbocycles. The SMILES string of the molecule is COc1ccc(-c2ccc3nnc(-c4ccc(C#N)cc4)n3n2)cc1. The van der Waals surface area contributed by atoms with Crippen molar-refractivity contribution in [1.82, 2.24) is 19.8 Å². The minimum atomic E-state index is 0.601. The van der Waals surface area contributed by atoms with Gasteiger partial charge in [-0.2, -0.15) is 14.9 Å². The molecule has 25 heavy (non-hydrogen) atoms. The first-order chi connectivity index (χ1) is 12.3. The van der Waals surface area contributed by atoms with E-state index in [0.717, 1.165) is 22.6 Å². The van der Waals surface area contributed by atoms with Gasteiger partial charge >= 0.3 is 0 Å². The molecule has 0 N–H and O–H groups in total. The molecule has 2 aromatic carbocycles. The number of hydrogen-bond donors (Lipinski definition) is 0. The molecule has 6 heteroatoms. The predicted molar refractivity (Wildman–Crippen MR) is 92.9 cm³/mol. The minimum Gasteiger partial charge on any atom is -0.497 e. The van der Waals surface area contributed by atoms with Crippen LogP contribution in [-0.2, 0) is 0 Å². The standard InChI is InChI=1S/C19H13N5O/c1-25-16-8-6-14(7-9-16)17-10-11-18-21-22-19(24(18)23-17)15-4-2-13(12-20)3-5-15/h2-11H,1H3. The molecule has 0 unspecified atom stereocenters. The number of aromatic nitrogens is 4. The average Bonchev–Trinajstić information content (AvgIpc) is 3.11. The van der Waals surface area contributed by atoms with Gasteiger partial charge in [-0.25, -0.2) is 0 Å². The summed E-state index contributed by atoms with van der Waals surface area (Å²) >= 11 is 0. The van der Waals surface area contributed by atoms with Crippen LogP contribution in [0.3, 0.4) is 0 Å². The molecule has 6 nitrogen and oxygen atoms in total. The zero-order chi connectivity index (χ0) is 17.2. The number of benzene rings is 2. The fourth-order valence-corrected chi connectivity index (χ4v) is 2.58. The fourth-order valence-electron chi connectivity index (χ4n) is 2.58. The van der Waals surface area contributed by atoms with Crippen molar-refractivity contribution in [3.05, 3.63) is 66.2 Å². The Kier molecular flexibility index (Phi) is 3.60. The van der Waals surface area contributed by atoms with E-state index in [1.807, 2.05) is 48.5 Å². The molecule has 2 heterocycles. The predicted octanol–water partition coefficient (Wildman–Crippen LogP) is 3.34. The van der Waals surface area contributed by atoms with Crippen LogP contribution in [0.2, 0.25) is 0 Å². The molecule has 0 aliphatic heterocycles. The Hall–Kier alpha value is -3.72. The molecule has 0 amide bonds. The molecule has 120 valence electrons. The molecule has 0 atom stereocenters. The van der Waals surface area contributed by atoms with E-state index in [0.29, 0.717) is 17.0 Å². The van der Waals surface area contributed by atoms with E-state index in [1.165, 1.54) is 0 Å². The third kappa shape index (κ3) is 2.68. The summed E-state index contributed by atoms with van der Waals surface area (Å²) in [6.45, 7) is 0. The van der Waals surface area contributed by atoms with Crippen LogP contribution in [0.4, 0.5) is 0 Å². The van der Waals surface area contributed by atoms with Crippen LogP contribution >= 0.6 is 0 Å². The number of fused-ring (bicyclic) bond motifs is 1. The van der Waals surface area contributed by atoms with E-state index in [2.05, 4.69) is 21.4 Å². The van der Waals surface area contributed by atoms with Gasteiger partial charge in [-0.15, -0.1) is 10.2 Å². The third-order valence-electron chi connectivity index (χ3n) is 3.92. The van der Waals surface area contributed by atoms with Gasteiger partial charge in [0, 0.05) is 11.1 Å². The van der Waals surface area contributed by atoms with Crippen LogP contribution in [0.15, 0.2) is 60.7 Å². The van der Waals surface area contributed by atoms with Crippen molar-refractivity contribution in [3.63, 3.8) is 0 Å². The van der Waals surface area contributed by atoms with E-state index in [-0.39, 0.29) is 0 Å². The Morgan fingerprint density at radius 2 is 1.60 bits per heavy atom. The van der Waals surface area contributed by atoms with E-state index in [9.17, 15) is 0 Å². The second kappa shape index (κ2) is 6.06. The van der Waals surface area contributed by atoms with Crippen molar-refractivity contribution in [2.45, 2.75) is 0 Å². The van der Waals surface area contributed by atoms with Crippen LogP contribution in [0.5, 0.6) is 5.75 Å². The van der Waals surface area contributed by atoms with Crippen LogP contribution < -0.4 is 4.74 Å². The zero-order valence-corrected chi connectivity index (χ0v) is 13.4. The highest BCUT2D eigenvalue weighted by Gasteiger charge is 2.11. The molecule has 0 saturated heterocycles. The summed E-state index contributed by atoms with van der Waals surface area (Å²) in [5.74, 6) is 1.43. The lowest BCUT2D eigenvalue weighted by Crippen LogP contribution is -1.97. The zero-order valence-electron chi connectivity index (χ0n) is 13.4. The highest BCUT2D eigenvalue weighted by molar-refractivity contribution is 5.64. The van der Waals surface area contributed by atoms with Crippen LogP contribution in [0.1, 0.15) is 5.56 Å². The Balaban J connectivity index is 1.80. The normalized spacial score (nSPS) is 10.6. The molecule has 4 aromatic rings. The first-order valence-corrected chi connectivity index (χ1v) is 7.66. The number of nitrogens with zero attached hydrogens (tertiary/aromatic N) is 5. The monoisotopic (exact) mass is 327 g/mol. The summed E-state index contributed by atoms with van der Waals surface area (Å²) in [5.41, 5.74) is 3.90. The topological polar surface area (TPSA) is 76.1 Å². The van der Waals surface area contributed by atoms with Crippen molar-refractivity contribution in [2.24, 2.45) is 0 Å². The van der Waals surface area contributed by atoms with E-state index in [4.69, 9.17) is 10.00 Å². The quantitative estimate of drug-likeness (QED) is 0.577. The smallest absolute Gasteiger partial charge is 0.185 e. The Bertz CT molecular complexity index is 1080. The van der Waals surface area contributed by atoms with Gasteiger partial charge in [0.25, 0.3) is 0 Å². The van der Waals surface area contributed by atoms with Gasteiger partial charge in [0.1, 0.15) is 5.75 Å². The van der Waals surface area contributed by atoms with E-state index < -0.39 is 0 Å². The average molecular weight is 327 g/mol. The molecule has 4 rings (SSSR count). The molecule has 0 aliphatic carbocycles. The van der Waals surface area contributed by atoms with Gasteiger partial charge in [-0.1, -0.05) is 0 Å². The molecule has 0 bridgehead atoms. The number of nitriles is 1. The Morgan fingerprint density at radius 3 is 2.28 bits per heavy atom. The second-order valence-corrected chi connectivity index (χ2v) is 5.43. The fraction of sp³-hybridized carbons (Fsp3) is 0.0526. The van der Waals surface area contributed by atoms with Crippen molar-refractivity contribution in [1.29, 1.82) is 5.26 Å². The summed E-state index contributed by atoms with van der Waals surface area (Å²) in [4.78, 5) is 0. The molecular formula is C19H13N5O. The lowest BCUT2D eigenvalue weighted by Gasteiger charge is -2.05. The molecule has 2 aromatic heterocycles. The van der Waals surface area contributed by atoms with Crippen LogP contribution in [0, 0.1) is 11.3 Å². The summed E-state index contributed by atoms with van der Waals surface area (Å²) < 4.78 is 6.90. The molecule has 0 spiro atoms. The summed E-state index contributed by atoms with van der Waals surface area (Å²) in [6, 6.07) is 20.8. The lowest BCUT2D eigenvalue weighted by molar-refractivity contribution is 0.415. The maximum absolute atomic E-state index is 8.93. The Morgan fingerprint density at radius 1 is 0.880 bits per heavy atom. The first-order valence-electron chi connectivity index (χ1n) is 7.66. The van der Waals surface area contributed by atoms with Crippen LogP contribution in [-0.4, -0.2) is 26.9 Å². The summed E-state index contributed by atoms with van der Waals surface area (Å²) in [6.07, 6.45) is 0. The van der Waals surface area contributed by atoms with Crippen molar-refractivity contribution < 1.29 is 4.74 Å². The van der Waals surface area contributed by atoms with Crippen molar-refractivity contribution in [3.8, 4) is 34.5 Å². The molecule has 0 aliphatic rings. The number of rotatable bonds is 3. The van der Waals surface area contributed by atoms with Crippen molar-refractivity contribution in [2.75, 3.05) is 7.11 Å². The Labute approximate surface area is 143 Å². The first kappa shape index (κ1) is 14.8. The number of methoxy groups -OCH3 is 1. The van der Waals surface area contributed by atoms with Gasteiger partial charge in [-0.05, 0) is 60.7 Å². The van der Waals surface area contributed by atoms with Gasteiger partial charge in [0.05, 0.1) is 24.4 Å². The highest BCUT2D eigenvalue weighted by atomic mass is 16.5. The number of hydrogen-bond acceptors (Lipinski definition) is 5. The maximum atomic E-state index is 8.93. The van der Waals surface area contributed by atoms with Crippen LogP contribution in [0.25, 0.3) is 28.3 Å². The molecular weight excluding hydrogens is 314 g/mol. The molecule has 0 radical (unpaired) electrons. The third-order valence-corrected chi connectivity index (χ3v) is 3.92. The van der Waals surface area contributed by atoms with Gasteiger partial charge < -0.3 is 4.74 Å². The summed E-state index contributed by atoms with van der Waals surface area (Å²) in [7, 11) is 1.64. The summed E-state index contributed by atoms with van der Waals surface area (Å²) in [5, 5.41) is 22.0. The number of ether oxygens (including phenoxy) is 1. The van der Waals surface area contributed by atoms with Gasteiger partial charge in [0.2, 0.25) is 0 Å². The van der Waals surface area contributed by atoms with Crippen molar-refractivity contribution >= 4 is 5.65 Å². The minimum absolute atomic E-state index is 0.601. The van der Waals surface area contributed by atoms with E-state index >= 15 is 0 Å². The maximum Gasteiger partial charge on any atom is 0.185 e. The van der Waals surface area contributed by atoms with Gasteiger partial charge in [0.15, 0.2) is 11.5 Å². The largest absolute Gasteiger partial charge is 0.497 e. The van der Waals surface area contributed by atoms with Gasteiger partial charge in [-0.3, -0.25) is 0 Å². The molecule has 0 fully saturated rings. The highest BCUT2D eigenvalue weighted by Crippen LogP contribution is 2.23. The second-order valence-electron chi connectivity index (χ2n) is 5.43. The van der Waals surface area contributed by atoms with E-state index in [1.54, 1.807) is 23.8 Å². The lowest BCUT2D eigenvalue weighted by atomic mass is 10.1.